The zero-order chi connectivity index (χ0) is 18.4. The van der Waals surface area contributed by atoms with E-state index >= 15 is 0 Å². The van der Waals surface area contributed by atoms with Crippen LogP contribution in [0.2, 0.25) is 0 Å². The Bertz CT molecular complexity index is 731. The molecule has 0 aliphatic carbocycles. The van der Waals surface area contributed by atoms with E-state index in [9.17, 15) is 4.79 Å². The van der Waals surface area contributed by atoms with Crippen molar-refractivity contribution < 1.29 is 4.79 Å². The van der Waals surface area contributed by atoms with E-state index < -0.39 is 5.91 Å². The lowest BCUT2D eigenvalue weighted by molar-refractivity contribution is 0.100. The molecule has 0 aliphatic heterocycles. The van der Waals surface area contributed by atoms with Gasteiger partial charge in [0, 0.05) is 24.5 Å². The number of nitrogens with one attached hydrogen (secondary N) is 2. The highest BCUT2D eigenvalue weighted by Crippen LogP contribution is 2.21. The van der Waals surface area contributed by atoms with Crippen LogP contribution in [-0.2, 0) is 0 Å². The van der Waals surface area contributed by atoms with E-state index in [0.29, 0.717) is 24.2 Å². The van der Waals surface area contributed by atoms with E-state index in [1.54, 1.807) is 0 Å². The molecule has 0 spiro atoms. The summed E-state index contributed by atoms with van der Waals surface area (Å²) in [6.07, 6.45) is 2.33. The average Bonchev–Trinajstić information content (AvgIpc) is 2.53. The van der Waals surface area contributed by atoms with E-state index in [1.807, 2.05) is 31.2 Å². The molecule has 6 N–H and O–H groups in total. The Morgan fingerprint density at radius 2 is 2.08 bits per heavy atom. The van der Waals surface area contributed by atoms with Gasteiger partial charge in [0.05, 0.1) is 0 Å². The van der Waals surface area contributed by atoms with Crippen LogP contribution in [0.5, 0.6) is 0 Å². The minimum Gasteiger partial charge on any atom is -0.365 e. The normalized spacial score (nSPS) is 12.0. The highest BCUT2D eigenvalue weighted by Gasteiger charge is 2.15. The highest BCUT2D eigenvalue weighted by molar-refractivity contribution is 5.98. The van der Waals surface area contributed by atoms with Crippen LogP contribution >= 0.6 is 0 Å². The number of hydrogen-bond acceptors (Lipinski definition) is 6. The highest BCUT2D eigenvalue weighted by atomic mass is 16.1. The van der Waals surface area contributed by atoms with Crippen molar-refractivity contribution in [2.75, 3.05) is 17.2 Å². The van der Waals surface area contributed by atoms with Gasteiger partial charge in [0.15, 0.2) is 0 Å². The van der Waals surface area contributed by atoms with Crippen LogP contribution in [0, 0.1) is 12.8 Å². The Kier molecular flexibility index (Phi) is 6.30. The first-order chi connectivity index (χ1) is 11.9. The summed E-state index contributed by atoms with van der Waals surface area (Å²) in [7, 11) is 0. The zero-order valence-electron chi connectivity index (χ0n) is 14.9. The third-order valence-corrected chi connectivity index (χ3v) is 3.71. The smallest absolute Gasteiger partial charge is 0.254 e. The van der Waals surface area contributed by atoms with Crippen molar-refractivity contribution in [2.45, 2.75) is 33.2 Å². The number of nitrogens with two attached hydrogens (primary N) is 2. The largest absolute Gasteiger partial charge is 0.365 e. The van der Waals surface area contributed by atoms with Crippen LogP contribution in [0.3, 0.4) is 0 Å². The van der Waals surface area contributed by atoms with Gasteiger partial charge in [-0.05, 0) is 37.0 Å². The van der Waals surface area contributed by atoms with Crippen molar-refractivity contribution in [3.63, 3.8) is 0 Å². The maximum absolute atomic E-state index is 11.7. The predicted molar refractivity (Wildman–Crippen MR) is 101 cm³/mol. The summed E-state index contributed by atoms with van der Waals surface area (Å²) in [5.41, 5.74) is 13.4. The van der Waals surface area contributed by atoms with Gasteiger partial charge in [0.25, 0.3) is 5.91 Å². The number of anilines is 3. The third kappa shape index (κ3) is 5.42. The van der Waals surface area contributed by atoms with Gasteiger partial charge < -0.3 is 22.1 Å². The van der Waals surface area contributed by atoms with Gasteiger partial charge >= 0.3 is 0 Å². The number of primary amides is 1. The molecule has 7 heteroatoms. The monoisotopic (exact) mass is 342 g/mol. The maximum atomic E-state index is 11.7. The van der Waals surface area contributed by atoms with E-state index in [-0.39, 0.29) is 11.6 Å². The Labute approximate surface area is 148 Å². The SMILES string of the molecule is Cc1cccc(Nc2nc(NC(CN)CC(C)C)ncc2C(N)=O)c1. The van der Waals surface area contributed by atoms with Crippen LogP contribution in [0.25, 0.3) is 0 Å². The fourth-order valence-corrected chi connectivity index (χ4v) is 2.55. The molecular formula is C18H26N6O. The Morgan fingerprint density at radius 1 is 1.32 bits per heavy atom. The van der Waals surface area contributed by atoms with Crippen molar-refractivity contribution in [1.29, 1.82) is 0 Å². The quantitative estimate of drug-likeness (QED) is 0.585. The lowest BCUT2D eigenvalue weighted by atomic mass is 10.0. The first kappa shape index (κ1) is 18.7. The molecule has 25 heavy (non-hydrogen) atoms. The molecule has 0 saturated heterocycles. The molecule has 2 aromatic rings. The number of aromatic nitrogens is 2. The molecular weight excluding hydrogens is 316 g/mol. The second kappa shape index (κ2) is 8.43. The minimum atomic E-state index is -0.584. The molecule has 1 atom stereocenters. The van der Waals surface area contributed by atoms with Crippen molar-refractivity contribution in [3.8, 4) is 0 Å². The van der Waals surface area contributed by atoms with E-state index in [0.717, 1.165) is 17.7 Å². The predicted octanol–water partition coefficient (Wildman–Crippen LogP) is 2.41. The number of nitrogens with zero attached hydrogens (tertiary/aromatic N) is 2. The van der Waals surface area contributed by atoms with Crippen molar-refractivity contribution >= 4 is 23.4 Å². The summed E-state index contributed by atoms with van der Waals surface area (Å²) >= 11 is 0. The number of aryl methyl sites for hydroxylation is 1. The molecule has 1 unspecified atom stereocenters. The summed E-state index contributed by atoms with van der Waals surface area (Å²) in [5.74, 6) is 0.697. The Balaban J connectivity index is 2.28. The van der Waals surface area contributed by atoms with Gasteiger partial charge in [-0.1, -0.05) is 26.0 Å². The number of carbonyl (C=O) groups excluding carboxylic acids is 1. The topological polar surface area (TPSA) is 119 Å². The average molecular weight is 342 g/mol. The van der Waals surface area contributed by atoms with Gasteiger partial charge in [-0.3, -0.25) is 4.79 Å². The summed E-state index contributed by atoms with van der Waals surface area (Å²) < 4.78 is 0. The lowest BCUT2D eigenvalue weighted by Crippen LogP contribution is -2.31. The van der Waals surface area contributed by atoms with E-state index in [2.05, 4.69) is 34.4 Å². The molecule has 134 valence electrons. The Morgan fingerprint density at radius 3 is 2.68 bits per heavy atom. The fourth-order valence-electron chi connectivity index (χ4n) is 2.55. The van der Waals surface area contributed by atoms with E-state index in [1.165, 1.54) is 6.20 Å². The molecule has 1 heterocycles. The first-order valence-electron chi connectivity index (χ1n) is 8.36. The van der Waals surface area contributed by atoms with Crippen molar-refractivity contribution in [2.24, 2.45) is 17.4 Å². The van der Waals surface area contributed by atoms with Crippen LogP contribution in [0.1, 0.15) is 36.2 Å². The molecule has 0 aliphatic rings. The van der Waals surface area contributed by atoms with Gasteiger partial charge in [0.1, 0.15) is 11.4 Å². The molecule has 0 fully saturated rings. The van der Waals surface area contributed by atoms with Gasteiger partial charge in [-0.25, -0.2) is 4.98 Å². The Hall–Kier alpha value is -2.67. The van der Waals surface area contributed by atoms with Crippen molar-refractivity contribution in [1.82, 2.24) is 9.97 Å². The zero-order valence-corrected chi connectivity index (χ0v) is 14.9. The molecule has 0 saturated carbocycles. The van der Waals surface area contributed by atoms with Crippen molar-refractivity contribution in [3.05, 3.63) is 41.6 Å². The first-order valence-corrected chi connectivity index (χ1v) is 8.36. The summed E-state index contributed by atoms with van der Waals surface area (Å²) in [6.45, 7) is 6.73. The molecule has 1 aromatic heterocycles. The summed E-state index contributed by atoms with van der Waals surface area (Å²) in [4.78, 5) is 20.3. The van der Waals surface area contributed by atoms with Crippen LogP contribution in [0.4, 0.5) is 17.5 Å². The number of benzene rings is 1. The third-order valence-electron chi connectivity index (χ3n) is 3.71. The molecule has 0 radical (unpaired) electrons. The number of amides is 1. The maximum Gasteiger partial charge on any atom is 0.254 e. The molecule has 1 amide bonds. The number of rotatable bonds is 8. The van der Waals surface area contributed by atoms with Crippen LogP contribution in [-0.4, -0.2) is 28.5 Å². The second-order valence-corrected chi connectivity index (χ2v) is 6.52. The molecule has 1 aromatic carbocycles. The number of hydrogen-bond donors (Lipinski definition) is 4. The second-order valence-electron chi connectivity index (χ2n) is 6.52. The van der Waals surface area contributed by atoms with Crippen LogP contribution in [0.15, 0.2) is 30.5 Å². The molecule has 7 nitrogen and oxygen atoms in total. The van der Waals surface area contributed by atoms with Gasteiger partial charge in [0.2, 0.25) is 5.95 Å². The fraction of sp³-hybridized carbons (Fsp3) is 0.389. The van der Waals surface area contributed by atoms with Crippen LogP contribution < -0.4 is 22.1 Å². The van der Waals surface area contributed by atoms with E-state index in [4.69, 9.17) is 11.5 Å². The summed E-state index contributed by atoms with van der Waals surface area (Å²) in [6, 6.07) is 7.83. The summed E-state index contributed by atoms with van der Waals surface area (Å²) in [5, 5.41) is 6.37. The standard InChI is InChI=1S/C18H26N6O/c1-11(2)7-14(9-19)23-18-21-10-15(16(20)25)17(24-18)22-13-6-4-5-12(3)8-13/h4-6,8,10-11,14H,7,9,19H2,1-3H3,(H2,20,25)(H2,21,22,23,24). The molecule has 2 rings (SSSR count). The lowest BCUT2D eigenvalue weighted by Gasteiger charge is -2.19. The number of carbonyl (C=O) groups is 1. The van der Waals surface area contributed by atoms with Gasteiger partial charge in [-0.15, -0.1) is 0 Å². The minimum absolute atomic E-state index is 0.0613. The van der Waals surface area contributed by atoms with Gasteiger partial charge in [-0.2, -0.15) is 4.98 Å². The molecule has 0 bridgehead atoms.